The highest BCUT2D eigenvalue weighted by Gasteiger charge is 2.40. The van der Waals surface area contributed by atoms with Crippen LogP contribution < -0.4 is 15.0 Å². The molecule has 3 amide bonds. The zero-order valence-electron chi connectivity index (χ0n) is 23.4. The van der Waals surface area contributed by atoms with Gasteiger partial charge in [0.1, 0.15) is 30.0 Å². The lowest BCUT2D eigenvalue weighted by Crippen LogP contribution is -2.52. The fourth-order valence-corrected chi connectivity index (χ4v) is 5.90. The number of anilines is 1. The fraction of sp³-hybridized carbons (Fsp3) is 0.303. The number of imide groups is 1. The molecule has 0 aliphatic carbocycles. The highest BCUT2D eigenvalue weighted by atomic mass is 19.1. The maximum Gasteiger partial charge on any atom is 0.255 e. The number of carbonyl (C=O) groups is 3. The van der Waals surface area contributed by atoms with Crippen LogP contribution in [0.15, 0.2) is 54.6 Å². The van der Waals surface area contributed by atoms with Crippen molar-refractivity contribution in [3.63, 3.8) is 0 Å². The van der Waals surface area contributed by atoms with Crippen molar-refractivity contribution in [1.29, 1.82) is 0 Å². The molecule has 0 bridgehead atoms. The van der Waals surface area contributed by atoms with Gasteiger partial charge in [0.05, 0.1) is 12.2 Å². The van der Waals surface area contributed by atoms with Crippen LogP contribution in [0.25, 0.3) is 0 Å². The monoisotopic (exact) mass is 584 g/mol. The number of ether oxygens (including phenoxy) is 1. The van der Waals surface area contributed by atoms with Gasteiger partial charge in [-0.1, -0.05) is 24.1 Å². The van der Waals surface area contributed by atoms with Crippen LogP contribution >= 0.6 is 0 Å². The van der Waals surface area contributed by atoms with E-state index >= 15 is 4.39 Å². The topological polar surface area (TPSA) is 82.2 Å². The third kappa shape index (κ3) is 5.81. The number of hydrogen-bond donors (Lipinski definition) is 1. The van der Waals surface area contributed by atoms with Gasteiger partial charge in [-0.3, -0.25) is 24.6 Å². The van der Waals surface area contributed by atoms with Crippen molar-refractivity contribution in [3.8, 4) is 18.1 Å². The van der Waals surface area contributed by atoms with E-state index in [1.807, 2.05) is 11.0 Å². The lowest BCUT2D eigenvalue weighted by atomic mass is 10.0. The summed E-state index contributed by atoms with van der Waals surface area (Å²) in [6, 6.07) is 14.3. The Hall–Kier alpha value is -4.75. The van der Waals surface area contributed by atoms with Gasteiger partial charge in [-0.15, -0.1) is 6.42 Å². The second kappa shape index (κ2) is 11.9. The number of piperidine rings is 1. The fourth-order valence-electron chi connectivity index (χ4n) is 5.90. The van der Waals surface area contributed by atoms with Gasteiger partial charge < -0.3 is 14.5 Å². The predicted molar refractivity (Wildman–Crippen MR) is 155 cm³/mol. The van der Waals surface area contributed by atoms with Gasteiger partial charge >= 0.3 is 0 Å². The number of carbonyl (C=O) groups excluding carboxylic acids is 3. The van der Waals surface area contributed by atoms with E-state index in [0.29, 0.717) is 72.0 Å². The minimum Gasteiger partial charge on any atom is -0.489 e. The van der Waals surface area contributed by atoms with Gasteiger partial charge in [0, 0.05) is 61.4 Å². The molecule has 2 saturated heterocycles. The summed E-state index contributed by atoms with van der Waals surface area (Å²) >= 11 is 0. The van der Waals surface area contributed by atoms with Crippen LogP contribution in [0.4, 0.5) is 14.5 Å². The van der Waals surface area contributed by atoms with E-state index in [2.05, 4.69) is 16.1 Å². The van der Waals surface area contributed by atoms with Crippen molar-refractivity contribution in [3.05, 3.63) is 94.0 Å². The molecule has 0 aromatic heterocycles. The van der Waals surface area contributed by atoms with Crippen molar-refractivity contribution in [2.24, 2.45) is 0 Å². The minimum absolute atomic E-state index is 0.100. The van der Waals surface area contributed by atoms with E-state index < -0.39 is 11.9 Å². The second-order valence-corrected chi connectivity index (χ2v) is 11.0. The molecular weight excluding hydrogens is 554 g/mol. The van der Waals surface area contributed by atoms with Crippen LogP contribution in [-0.4, -0.2) is 59.7 Å². The van der Waals surface area contributed by atoms with E-state index in [1.54, 1.807) is 36.4 Å². The smallest absolute Gasteiger partial charge is 0.255 e. The normalized spacial score (nSPS) is 18.8. The van der Waals surface area contributed by atoms with Gasteiger partial charge in [-0.05, 0) is 48.4 Å². The molecule has 220 valence electrons. The summed E-state index contributed by atoms with van der Waals surface area (Å²) in [5.41, 5.74) is 3.35. The number of amides is 3. The average Bonchev–Trinajstić information content (AvgIpc) is 3.34. The molecule has 8 nitrogen and oxygen atoms in total. The van der Waals surface area contributed by atoms with E-state index in [-0.39, 0.29) is 49.4 Å². The molecule has 0 spiro atoms. The quantitative estimate of drug-likeness (QED) is 0.338. The highest BCUT2D eigenvalue weighted by molar-refractivity contribution is 6.05. The molecular formula is C33H30F2N4O4. The summed E-state index contributed by atoms with van der Waals surface area (Å²) in [6.07, 6.45) is 5.82. The molecule has 0 radical (unpaired) electrons. The number of hydrogen-bond acceptors (Lipinski definition) is 6. The van der Waals surface area contributed by atoms with Crippen molar-refractivity contribution < 1.29 is 27.9 Å². The third-order valence-corrected chi connectivity index (χ3v) is 8.27. The van der Waals surface area contributed by atoms with Crippen LogP contribution in [0.1, 0.15) is 45.5 Å². The third-order valence-electron chi connectivity index (χ3n) is 8.27. The zero-order valence-corrected chi connectivity index (χ0v) is 23.4. The number of nitrogens with one attached hydrogen (secondary N) is 1. The van der Waals surface area contributed by atoms with Crippen LogP contribution in [0.3, 0.4) is 0 Å². The van der Waals surface area contributed by atoms with Crippen LogP contribution in [0, 0.1) is 24.0 Å². The first-order chi connectivity index (χ1) is 20.8. The number of terminal acetylenes is 1. The molecule has 3 aromatic rings. The lowest BCUT2D eigenvalue weighted by molar-refractivity contribution is -0.136. The Bertz CT molecular complexity index is 1640. The Labute approximate surface area is 248 Å². The maximum atomic E-state index is 15.1. The first-order valence-corrected chi connectivity index (χ1v) is 14.2. The molecule has 1 unspecified atom stereocenters. The summed E-state index contributed by atoms with van der Waals surface area (Å²) in [6.45, 7) is 3.28. The second-order valence-electron chi connectivity index (χ2n) is 11.0. The maximum absolute atomic E-state index is 15.1. The molecule has 2 fully saturated rings. The van der Waals surface area contributed by atoms with Gasteiger partial charge in [0.25, 0.3) is 5.91 Å². The Morgan fingerprint density at radius 2 is 1.79 bits per heavy atom. The number of piperazine rings is 1. The highest BCUT2D eigenvalue weighted by Crippen LogP contribution is 2.34. The van der Waals surface area contributed by atoms with Crippen molar-refractivity contribution >= 4 is 23.4 Å². The molecule has 43 heavy (non-hydrogen) atoms. The van der Waals surface area contributed by atoms with Gasteiger partial charge in [-0.2, -0.15) is 0 Å². The number of benzene rings is 3. The largest absolute Gasteiger partial charge is 0.489 e. The first kappa shape index (κ1) is 28.4. The molecule has 10 heteroatoms. The number of rotatable bonds is 7. The molecule has 1 N–H and O–H groups in total. The average molecular weight is 585 g/mol. The first-order valence-electron chi connectivity index (χ1n) is 14.2. The van der Waals surface area contributed by atoms with Crippen LogP contribution in [-0.2, 0) is 29.3 Å². The van der Waals surface area contributed by atoms with Crippen molar-refractivity contribution in [1.82, 2.24) is 15.1 Å². The van der Waals surface area contributed by atoms with Gasteiger partial charge in [0.2, 0.25) is 11.8 Å². The lowest BCUT2D eigenvalue weighted by Gasteiger charge is -2.36. The number of nitrogens with zero attached hydrogens (tertiary/aromatic N) is 3. The van der Waals surface area contributed by atoms with Crippen molar-refractivity contribution in [2.45, 2.75) is 38.6 Å². The summed E-state index contributed by atoms with van der Waals surface area (Å²) in [5, 5.41) is 2.30. The molecule has 1 atom stereocenters. The summed E-state index contributed by atoms with van der Waals surface area (Å²) in [7, 11) is 0. The van der Waals surface area contributed by atoms with Crippen molar-refractivity contribution in [2.75, 3.05) is 31.1 Å². The number of fused-ring (bicyclic) bond motifs is 1. The van der Waals surface area contributed by atoms with E-state index in [4.69, 9.17) is 11.2 Å². The summed E-state index contributed by atoms with van der Waals surface area (Å²) in [5.74, 6) is 1.17. The Kier molecular flexibility index (Phi) is 7.82. The Morgan fingerprint density at radius 3 is 2.51 bits per heavy atom. The molecule has 3 aliphatic rings. The molecule has 3 aliphatic heterocycles. The molecule has 3 heterocycles. The Balaban J connectivity index is 1.05. The van der Waals surface area contributed by atoms with Gasteiger partial charge in [-0.25, -0.2) is 8.78 Å². The number of halogens is 2. The summed E-state index contributed by atoms with van der Waals surface area (Å²) in [4.78, 5) is 42.5. The van der Waals surface area contributed by atoms with Crippen LogP contribution in [0.5, 0.6) is 5.75 Å². The molecule has 0 saturated carbocycles. The zero-order chi connectivity index (χ0) is 30.1. The Morgan fingerprint density at radius 1 is 0.977 bits per heavy atom. The minimum atomic E-state index is -0.711. The SMILES string of the molecule is C#Cc1ccc(N2CCN(Cc3ccc(COc4cccc5c4CN(C4CCC(=O)NC4=O)C5=O)cc3F)CC2)c(F)c1. The summed E-state index contributed by atoms with van der Waals surface area (Å²) < 4.78 is 35.6. The van der Waals surface area contributed by atoms with E-state index in [1.165, 1.54) is 17.0 Å². The standard InChI is InChI=1S/C33H30F2N4O4/c1-2-21-7-9-28(27(35)16-21)38-14-12-37(13-15-38)18-23-8-6-22(17-26(23)34)20-43-30-5-3-4-24-25(30)19-39(33(24)42)29-10-11-31(40)36-32(29)41/h1,3-9,16-17,29H,10-15,18-20H2,(H,36,40,41). The predicted octanol–water partition coefficient (Wildman–Crippen LogP) is 3.61. The van der Waals surface area contributed by atoms with E-state index in [9.17, 15) is 18.8 Å². The van der Waals surface area contributed by atoms with E-state index in [0.717, 1.165) is 0 Å². The molecule has 6 rings (SSSR count). The van der Waals surface area contributed by atoms with Gasteiger partial charge in [0.15, 0.2) is 0 Å². The molecule has 3 aromatic carbocycles. The van der Waals surface area contributed by atoms with Crippen LogP contribution in [0.2, 0.25) is 0 Å².